The largest absolute Gasteiger partial charge is 0.497 e. The summed E-state index contributed by atoms with van der Waals surface area (Å²) in [6.07, 6.45) is 8.94. The molecule has 0 spiro atoms. The van der Waals surface area contributed by atoms with Gasteiger partial charge in [-0.1, -0.05) is 23.3 Å². The zero-order valence-electron chi connectivity index (χ0n) is 29.4. The van der Waals surface area contributed by atoms with Gasteiger partial charge in [-0.25, -0.2) is 13.2 Å². The topological polar surface area (TPSA) is 213 Å². The lowest BCUT2D eigenvalue weighted by Crippen LogP contribution is -2.59. The van der Waals surface area contributed by atoms with Crippen molar-refractivity contribution in [2.75, 3.05) is 7.11 Å². The van der Waals surface area contributed by atoms with E-state index in [-0.39, 0.29) is 31.2 Å². The Morgan fingerprint density at radius 1 is 1.06 bits per heavy atom. The molecular formula is C35H44N8O9S. The van der Waals surface area contributed by atoms with Crippen LogP contribution in [0.5, 0.6) is 5.75 Å². The summed E-state index contributed by atoms with van der Waals surface area (Å²) in [4.78, 5) is 64.0. The molecule has 0 bridgehead atoms. The van der Waals surface area contributed by atoms with Gasteiger partial charge in [0.1, 0.15) is 29.5 Å². The van der Waals surface area contributed by atoms with Gasteiger partial charge in [0.25, 0.3) is 5.91 Å². The smallest absolute Gasteiger partial charge is 0.408 e. The number of benzene rings is 1. The zero-order chi connectivity index (χ0) is 37.3. The number of aromatic nitrogens is 4. The Labute approximate surface area is 306 Å². The summed E-state index contributed by atoms with van der Waals surface area (Å²) in [6, 6.07) is 4.11. The molecule has 3 unspecified atom stereocenters. The molecule has 6 atom stereocenters. The number of amides is 4. The Bertz CT molecular complexity index is 1870. The average molecular weight is 753 g/mol. The van der Waals surface area contributed by atoms with E-state index in [2.05, 4.69) is 37.3 Å². The van der Waals surface area contributed by atoms with E-state index in [4.69, 9.17) is 14.3 Å². The van der Waals surface area contributed by atoms with Crippen LogP contribution in [-0.4, -0.2) is 106 Å². The maximum atomic E-state index is 14.5. The van der Waals surface area contributed by atoms with Crippen molar-refractivity contribution in [3.05, 3.63) is 49.1 Å². The highest BCUT2D eigenvalue weighted by Gasteiger charge is 2.62. The van der Waals surface area contributed by atoms with E-state index in [0.29, 0.717) is 37.0 Å². The van der Waals surface area contributed by atoms with Crippen molar-refractivity contribution in [1.82, 2.24) is 40.6 Å². The fourth-order valence-electron chi connectivity index (χ4n) is 7.48. The van der Waals surface area contributed by atoms with Gasteiger partial charge in [-0.15, -0.1) is 11.7 Å². The second-order valence-electron chi connectivity index (χ2n) is 14.3. The van der Waals surface area contributed by atoms with Crippen molar-refractivity contribution < 1.29 is 41.9 Å². The molecule has 4 fully saturated rings. The number of sulfonamides is 1. The van der Waals surface area contributed by atoms with Crippen molar-refractivity contribution >= 4 is 33.8 Å². The minimum absolute atomic E-state index is 0.0264. The Morgan fingerprint density at radius 3 is 2.49 bits per heavy atom. The van der Waals surface area contributed by atoms with E-state index in [1.165, 1.54) is 11.0 Å². The highest BCUT2D eigenvalue weighted by Crippen LogP contribution is 2.46. The molecule has 1 aromatic heterocycles. The van der Waals surface area contributed by atoms with Crippen molar-refractivity contribution in [2.45, 2.75) is 112 Å². The predicted molar refractivity (Wildman–Crippen MR) is 187 cm³/mol. The number of carbonyl (C=O) groups excluding carboxylic acids is 4. The number of carbonyl (C=O) groups is 4. The number of alkyl carbamates (subject to hydrolysis) is 1. The third kappa shape index (κ3) is 7.72. The number of hydrogen-bond acceptors (Lipinski definition) is 12. The molecule has 3 heterocycles. The zero-order valence-corrected chi connectivity index (χ0v) is 30.2. The minimum atomic E-state index is -3.91. The molecule has 3 saturated carbocycles. The first kappa shape index (κ1) is 36.4. The molecule has 7 rings (SSSR count). The van der Waals surface area contributed by atoms with Crippen LogP contribution in [0.25, 0.3) is 11.4 Å². The number of methoxy groups -OCH3 is 1. The van der Waals surface area contributed by atoms with Gasteiger partial charge in [-0.2, -0.15) is 0 Å². The van der Waals surface area contributed by atoms with Gasteiger partial charge in [0, 0.05) is 22.9 Å². The SMILES string of the molecule is C=C[C@@H]1CC1(NC(=O)[C@@H]1C[C@@H](On2nnc(-c3ccc(OC)cc3)n2)C2CC/C=C\CC(NC(=O)OC3CCCC3)C(=O)N21)C(=O)NS(=O)(=O)C1CC1. The van der Waals surface area contributed by atoms with Crippen LogP contribution >= 0.6 is 0 Å². The lowest BCUT2D eigenvalue weighted by molar-refractivity contribution is -0.143. The number of ether oxygens (including phenoxy) is 2. The number of hydrogen-bond donors (Lipinski definition) is 3. The molecule has 3 aliphatic carbocycles. The summed E-state index contributed by atoms with van der Waals surface area (Å²) >= 11 is 0. The van der Waals surface area contributed by atoms with E-state index in [1.807, 2.05) is 12.2 Å². The number of nitrogens with one attached hydrogen (secondary N) is 3. The number of rotatable bonds is 12. The summed E-state index contributed by atoms with van der Waals surface area (Å²) in [7, 11) is -2.35. The molecule has 18 heteroatoms. The maximum Gasteiger partial charge on any atom is 0.408 e. The van der Waals surface area contributed by atoms with E-state index < -0.39 is 74.8 Å². The number of tetrazole rings is 1. The Hall–Kier alpha value is -5.00. The highest BCUT2D eigenvalue weighted by molar-refractivity contribution is 7.91. The van der Waals surface area contributed by atoms with E-state index >= 15 is 0 Å². The molecule has 284 valence electrons. The number of fused-ring (bicyclic) bond motifs is 1. The normalized spacial score (nSPS) is 29.1. The van der Waals surface area contributed by atoms with Gasteiger partial charge in [-0.3, -0.25) is 19.1 Å². The highest BCUT2D eigenvalue weighted by atomic mass is 32.2. The monoisotopic (exact) mass is 752 g/mol. The molecule has 1 saturated heterocycles. The van der Waals surface area contributed by atoms with Crippen molar-refractivity contribution in [1.29, 1.82) is 0 Å². The Kier molecular flexibility index (Phi) is 10.1. The quantitative estimate of drug-likeness (QED) is 0.264. The van der Waals surface area contributed by atoms with Crippen molar-refractivity contribution in [2.24, 2.45) is 5.92 Å². The fraction of sp³-hybridized carbons (Fsp3) is 0.571. The molecule has 2 aromatic rings. The summed E-state index contributed by atoms with van der Waals surface area (Å²) in [5, 5.41) is 17.4. The maximum absolute atomic E-state index is 14.5. The third-order valence-electron chi connectivity index (χ3n) is 10.7. The molecule has 4 amide bonds. The van der Waals surface area contributed by atoms with E-state index in [9.17, 15) is 27.6 Å². The lowest BCUT2D eigenvalue weighted by atomic mass is 10.1. The summed E-state index contributed by atoms with van der Waals surface area (Å²) in [5.74, 6) is -1.67. The number of nitrogens with zero attached hydrogens (tertiary/aromatic N) is 5. The van der Waals surface area contributed by atoms with Gasteiger partial charge in [0.15, 0.2) is 6.10 Å². The van der Waals surface area contributed by atoms with Gasteiger partial charge in [0.05, 0.1) is 18.4 Å². The Balaban J connectivity index is 1.15. The van der Waals surface area contributed by atoms with E-state index in [1.54, 1.807) is 31.4 Å². The summed E-state index contributed by atoms with van der Waals surface area (Å²) in [5.41, 5.74) is -0.913. The third-order valence-corrected chi connectivity index (χ3v) is 12.5. The van der Waals surface area contributed by atoms with Crippen LogP contribution in [0.3, 0.4) is 0 Å². The molecular weight excluding hydrogens is 708 g/mol. The first-order valence-corrected chi connectivity index (χ1v) is 19.6. The molecule has 2 aliphatic heterocycles. The molecule has 17 nitrogen and oxygen atoms in total. The standard InChI is InChI=1S/C35H44N8O9S/c1-3-22-20-35(22,33(46)40-53(48,49)25-17-18-25)37-31(44)28-19-29(52-43-39-30(38-41-43)21-13-15-23(50-2)16-14-21)27-12-6-4-5-11-26(32(45)42(27)28)36-34(47)51-24-9-7-8-10-24/h3-5,13-16,22,24-29H,1,6-12,17-20H2,2H3,(H,36,47)(H,37,44)(H,40,46)/b5-4-/t22-,26?,27?,28+,29-,35?/m1/s1. The lowest BCUT2D eigenvalue weighted by Gasteiger charge is -2.33. The molecule has 1 aromatic carbocycles. The average Bonchev–Trinajstić information content (AvgIpc) is 3.95. The van der Waals surface area contributed by atoms with Crippen LogP contribution in [0, 0.1) is 5.92 Å². The summed E-state index contributed by atoms with van der Waals surface area (Å²) in [6.45, 7) is 3.77. The molecule has 0 radical (unpaired) electrons. The first-order chi connectivity index (χ1) is 25.5. The first-order valence-electron chi connectivity index (χ1n) is 18.1. The van der Waals surface area contributed by atoms with Crippen LogP contribution in [0.2, 0.25) is 0 Å². The Morgan fingerprint density at radius 2 is 1.81 bits per heavy atom. The van der Waals surface area contributed by atoms with Crippen molar-refractivity contribution in [3.8, 4) is 17.1 Å². The van der Waals surface area contributed by atoms with Crippen LogP contribution in [0.1, 0.15) is 70.6 Å². The van der Waals surface area contributed by atoms with Crippen molar-refractivity contribution in [3.63, 3.8) is 0 Å². The summed E-state index contributed by atoms with van der Waals surface area (Å²) < 4.78 is 38.4. The van der Waals surface area contributed by atoms with Gasteiger partial charge < -0.3 is 29.8 Å². The molecule has 53 heavy (non-hydrogen) atoms. The molecule has 3 N–H and O–H groups in total. The molecule has 5 aliphatic rings. The van der Waals surface area contributed by atoms with Crippen LogP contribution in [0.4, 0.5) is 4.79 Å². The van der Waals surface area contributed by atoms with Crippen LogP contribution in [0.15, 0.2) is 49.1 Å². The number of allylic oxidation sites excluding steroid dienone is 1. The second-order valence-corrected chi connectivity index (χ2v) is 16.2. The minimum Gasteiger partial charge on any atom is -0.497 e. The van der Waals surface area contributed by atoms with Crippen LogP contribution < -0.4 is 24.9 Å². The van der Waals surface area contributed by atoms with E-state index in [0.717, 1.165) is 30.6 Å². The predicted octanol–water partition coefficient (Wildman–Crippen LogP) is 1.56. The van der Waals surface area contributed by atoms with Gasteiger partial charge in [0.2, 0.25) is 27.7 Å². The van der Waals surface area contributed by atoms with Gasteiger partial charge in [-0.05, 0) is 93.7 Å². The second kappa shape index (κ2) is 14.8. The van der Waals surface area contributed by atoms with Crippen LogP contribution in [-0.2, 0) is 29.1 Å². The fourth-order valence-corrected chi connectivity index (χ4v) is 8.85. The van der Waals surface area contributed by atoms with Gasteiger partial charge >= 0.3 is 6.09 Å².